The lowest BCUT2D eigenvalue weighted by atomic mass is 9.99. The summed E-state index contributed by atoms with van der Waals surface area (Å²) in [4.78, 5) is 12.1. The number of thioether (sulfide) groups is 1. The van der Waals surface area contributed by atoms with E-state index < -0.39 is 0 Å². The van der Waals surface area contributed by atoms with Crippen molar-refractivity contribution >= 4 is 23.4 Å². The van der Waals surface area contributed by atoms with Crippen LogP contribution in [0.15, 0.2) is 29.4 Å². The maximum Gasteiger partial charge on any atom is 0.234 e. The molecule has 7 heteroatoms. The number of hydrogen-bond donors (Lipinski definition) is 2. The van der Waals surface area contributed by atoms with Gasteiger partial charge < -0.3 is 11.2 Å². The summed E-state index contributed by atoms with van der Waals surface area (Å²) in [5, 5.41) is 11.7. The van der Waals surface area contributed by atoms with E-state index in [0.29, 0.717) is 17.0 Å². The van der Waals surface area contributed by atoms with Crippen LogP contribution >= 0.6 is 11.8 Å². The monoisotopic (exact) mass is 345 g/mol. The van der Waals surface area contributed by atoms with E-state index >= 15 is 0 Å². The van der Waals surface area contributed by atoms with Gasteiger partial charge in [0.2, 0.25) is 11.1 Å². The summed E-state index contributed by atoms with van der Waals surface area (Å²) in [6, 6.07) is 8.02. The van der Waals surface area contributed by atoms with Crippen LogP contribution in [0.2, 0.25) is 0 Å². The van der Waals surface area contributed by atoms with E-state index in [0.717, 1.165) is 30.8 Å². The molecule has 1 heterocycles. The maximum absolute atomic E-state index is 12.1. The van der Waals surface area contributed by atoms with Crippen molar-refractivity contribution in [3.63, 3.8) is 0 Å². The predicted molar refractivity (Wildman–Crippen MR) is 96.6 cm³/mol. The summed E-state index contributed by atoms with van der Waals surface area (Å²) >= 11 is 1.30. The number of benzene rings is 1. The van der Waals surface area contributed by atoms with Gasteiger partial charge in [0.15, 0.2) is 5.82 Å². The topological polar surface area (TPSA) is 85.8 Å². The highest BCUT2D eigenvalue weighted by Gasteiger charge is 2.30. The van der Waals surface area contributed by atoms with Gasteiger partial charge in [-0.3, -0.25) is 4.79 Å². The summed E-state index contributed by atoms with van der Waals surface area (Å²) < 4.78 is 1.51. The fourth-order valence-electron chi connectivity index (χ4n) is 2.46. The molecule has 1 fully saturated rings. The second-order valence-electron chi connectivity index (χ2n) is 6.25. The predicted octanol–water partition coefficient (Wildman–Crippen LogP) is 3.11. The van der Waals surface area contributed by atoms with E-state index in [2.05, 4.69) is 41.5 Å². The quantitative estimate of drug-likeness (QED) is 0.595. The third-order valence-corrected chi connectivity index (χ3v) is 5.28. The van der Waals surface area contributed by atoms with Crippen molar-refractivity contribution in [2.45, 2.75) is 50.1 Å². The third-order valence-electron chi connectivity index (χ3n) is 4.34. The largest absolute Gasteiger partial charge is 0.336 e. The molecule has 0 saturated heterocycles. The first-order chi connectivity index (χ1) is 11.6. The van der Waals surface area contributed by atoms with Gasteiger partial charge in [-0.25, -0.2) is 4.68 Å². The zero-order valence-electron chi connectivity index (χ0n) is 14.0. The zero-order valence-corrected chi connectivity index (χ0v) is 14.8. The van der Waals surface area contributed by atoms with Crippen LogP contribution in [-0.4, -0.2) is 26.5 Å². The van der Waals surface area contributed by atoms with Crippen LogP contribution in [-0.2, 0) is 4.79 Å². The summed E-state index contributed by atoms with van der Waals surface area (Å²) in [6.45, 7) is 4.37. The minimum atomic E-state index is -0.0766. The Morgan fingerprint density at radius 2 is 2.08 bits per heavy atom. The third kappa shape index (κ3) is 3.90. The standard InChI is InChI=1S/C17H23N5OS/c1-3-11(2)12-6-8-14(9-7-12)19-15(23)10-24-17-21-20-16(22(17)18)13-4-5-13/h6-9,11,13H,3-5,10,18H2,1-2H3,(H,19,23)/t11-/m1/s1. The van der Waals surface area contributed by atoms with Gasteiger partial charge in [-0.05, 0) is 42.9 Å². The Morgan fingerprint density at radius 3 is 2.71 bits per heavy atom. The van der Waals surface area contributed by atoms with Gasteiger partial charge in [-0.1, -0.05) is 37.7 Å². The number of aromatic nitrogens is 3. The van der Waals surface area contributed by atoms with Crippen LogP contribution in [0.1, 0.15) is 56.3 Å². The molecule has 0 aliphatic heterocycles. The van der Waals surface area contributed by atoms with Gasteiger partial charge in [0.25, 0.3) is 0 Å². The molecule has 128 valence electrons. The number of nitrogens with one attached hydrogen (secondary N) is 1. The zero-order chi connectivity index (χ0) is 17.1. The van der Waals surface area contributed by atoms with Crippen LogP contribution in [0.25, 0.3) is 0 Å². The molecule has 0 unspecified atom stereocenters. The lowest BCUT2D eigenvalue weighted by molar-refractivity contribution is -0.113. The number of carbonyl (C=O) groups is 1. The van der Waals surface area contributed by atoms with E-state index in [1.54, 1.807) is 0 Å². The summed E-state index contributed by atoms with van der Waals surface area (Å²) in [6.07, 6.45) is 3.34. The molecule has 2 aromatic rings. The molecule has 0 spiro atoms. The fraction of sp³-hybridized carbons (Fsp3) is 0.471. The van der Waals surface area contributed by atoms with E-state index in [1.165, 1.54) is 22.0 Å². The number of nitrogen functional groups attached to an aromatic ring is 1. The average Bonchev–Trinajstić information content (AvgIpc) is 3.36. The first-order valence-corrected chi connectivity index (χ1v) is 9.30. The number of nitrogens with zero attached hydrogens (tertiary/aromatic N) is 3. The van der Waals surface area contributed by atoms with Gasteiger partial charge in [0.05, 0.1) is 5.75 Å². The van der Waals surface area contributed by atoms with Crippen LogP contribution < -0.4 is 11.2 Å². The number of hydrogen-bond acceptors (Lipinski definition) is 5. The molecule has 1 aliphatic rings. The summed E-state index contributed by atoms with van der Waals surface area (Å²) in [5.74, 6) is 7.95. The summed E-state index contributed by atoms with van der Waals surface area (Å²) in [5.41, 5.74) is 2.09. The van der Waals surface area contributed by atoms with Crippen molar-refractivity contribution in [3.05, 3.63) is 35.7 Å². The van der Waals surface area contributed by atoms with Crippen LogP contribution in [0.5, 0.6) is 0 Å². The van der Waals surface area contributed by atoms with Crippen molar-refractivity contribution in [2.24, 2.45) is 0 Å². The van der Waals surface area contributed by atoms with Crippen molar-refractivity contribution in [3.8, 4) is 0 Å². The van der Waals surface area contributed by atoms with E-state index in [1.807, 2.05) is 12.1 Å². The Hall–Kier alpha value is -2.02. The summed E-state index contributed by atoms with van der Waals surface area (Å²) in [7, 11) is 0. The average molecular weight is 345 g/mol. The number of anilines is 1. The first kappa shape index (κ1) is 16.8. The van der Waals surface area contributed by atoms with Gasteiger partial charge in [0.1, 0.15) is 0 Å². The molecular weight excluding hydrogens is 322 g/mol. The first-order valence-electron chi connectivity index (χ1n) is 8.31. The molecule has 24 heavy (non-hydrogen) atoms. The van der Waals surface area contributed by atoms with Crippen LogP contribution in [0.4, 0.5) is 5.69 Å². The van der Waals surface area contributed by atoms with Crippen LogP contribution in [0.3, 0.4) is 0 Å². The molecule has 3 rings (SSSR count). The number of carbonyl (C=O) groups excluding carboxylic acids is 1. The normalized spacial score (nSPS) is 15.2. The van der Waals surface area contributed by atoms with Crippen LogP contribution in [0, 0.1) is 0 Å². The molecule has 1 saturated carbocycles. The molecule has 1 aromatic carbocycles. The Kier molecular flexibility index (Phi) is 5.08. The van der Waals surface area contributed by atoms with Gasteiger partial charge in [-0.15, -0.1) is 10.2 Å². The highest BCUT2D eigenvalue weighted by Crippen LogP contribution is 2.39. The van der Waals surface area contributed by atoms with E-state index in [9.17, 15) is 4.79 Å². The van der Waals surface area contributed by atoms with Crippen molar-refractivity contribution in [1.29, 1.82) is 0 Å². The van der Waals surface area contributed by atoms with Gasteiger partial charge in [0, 0.05) is 11.6 Å². The van der Waals surface area contributed by atoms with Crippen molar-refractivity contribution in [2.75, 3.05) is 16.9 Å². The molecular formula is C17H23N5OS. The van der Waals surface area contributed by atoms with E-state index in [4.69, 9.17) is 5.84 Å². The SMILES string of the molecule is CC[C@@H](C)c1ccc(NC(=O)CSc2nnc(C3CC3)n2N)cc1. The Morgan fingerprint density at radius 1 is 1.38 bits per heavy atom. The molecule has 0 radical (unpaired) electrons. The Labute approximate surface area is 146 Å². The van der Waals surface area contributed by atoms with Crippen molar-refractivity contribution in [1.82, 2.24) is 14.9 Å². The highest BCUT2D eigenvalue weighted by atomic mass is 32.2. The molecule has 1 aromatic heterocycles. The molecule has 3 N–H and O–H groups in total. The smallest absolute Gasteiger partial charge is 0.234 e. The lowest BCUT2D eigenvalue weighted by Gasteiger charge is -2.10. The fourth-order valence-corrected chi connectivity index (χ4v) is 3.13. The molecule has 6 nitrogen and oxygen atoms in total. The number of nitrogens with two attached hydrogens (primary N) is 1. The minimum absolute atomic E-state index is 0.0766. The minimum Gasteiger partial charge on any atom is -0.336 e. The second kappa shape index (κ2) is 7.25. The molecule has 1 atom stereocenters. The number of amides is 1. The van der Waals surface area contributed by atoms with E-state index in [-0.39, 0.29) is 11.7 Å². The Bertz CT molecular complexity index is 708. The van der Waals surface area contributed by atoms with Gasteiger partial charge >= 0.3 is 0 Å². The lowest BCUT2D eigenvalue weighted by Crippen LogP contribution is -2.17. The Balaban J connectivity index is 1.52. The van der Waals surface area contributed by atoms with Gasteiger partial charge in [-0.2, -0.15) is 0 Å². The molecule has 0 bridgehead atoms. The number of rotatable bonds is 7. The molecule has 1 amide bonds. The van der Waals surface area contributed by atoms with Crippen molar-refractivity contribution < 1.29 is 4.79 Å². The highest BCUT2D eigenvalue weighted by molar-refractivity contribution is 7.99. The molecule has 1 aliphatic carbocycles. The second-order valence-corrected chi connectivity index (χ2v) is 7.20. The maximum atomic E-state index is 12.1.